The molecule has 1 aliphatic rings. The molecule has 1 aliphatic carbocycles. The Balaban J connectivity index is 1.31. The second-order valence-corrected chi connectivity index (χ2v) is 13.1. The Hall–Kier alpha value is -3.75. The van der Waals surface area contributed by atoms with Crippen molar-refractivity contribution >= 4 is 36.9 Å². The predicted octanol–water partition coefficient (Wildman–Crippen LogP) is 3.52. The van der Waals surface area contributed by atoms with Gasteiger partial charge in [0.05, 0.1) is 21.5 Å². The number of rotatable bonds is 6. The van der Waals surface area contributed by atoms with Crippen LogP contribution in [0, 0.1) is 18.6 Å². The van der Waals surface area contributed by atoms with Gasteiger partial charge in [-0.2, -0.15) is 0 Å². The van der Waals surface area contributed by atoms with E-state index in [-0.39, 0.29) is 21.4 Å². The third-order valence-corrected chi connectivity index (χ3v) is 10.2. The lowest BCUT2D eigenvalue weighted by Gasteiger charge is -2.14. The number of fused-ring (bicyclic) bond motifs is 3. The van der Waals surface area contributed by atoms with Crippen LogP contribution in [0.15, 0.2) is 70.7 Å². The van der Waals surface area contributed by atoms with Gasteiger partial charge in [-0.1, -0.05) is 17.7 Å². The molecule has 0 radical (unpaired) electrons. The fourth-order valence-corrected chi connectivity index (χ4v) is 7.58. The molecule has 3 aromatic heterocycles. The Morgan fingerprint density at radius 1 is 0.923 bits per heavy atom. The highest BCUT2D eigenvalue weighted by Gasteiger charge is 2.33. The van der Waals surface area contributed by atoms with Crippen LogP contribution in [0.25, 0.3) is 16.8 Å². The van der Waals surface area contributed by atoms with Crippen LogP contribution in [0.2, 0.25) is 0 Å². The average Bonchev–Trinajstić information content (AvgIpc) is 3.63. The van der Waals surface area contributed by atoms with E-state index in [4.69, 9.17) is 0 Å². The summed E-state index contributed by atoms with van der Waals surface area (Å²) in [6.07, 6.45) is 4.33. The second kappa shape index (κ2) is 9.17. The third kappa shape index (κ3) is 4.37. The number of hydrogen-bond acceptors (Lipinski definition) is 7. The molecule has 5 aromatic rings. The van der Waals surface area contributed by atoms with Gasteiger partial charge < -0.3 is 0 Å². The molecule has 10 nitrogen and oxygen atoms in total. The predicted molar refractivity (Wildman–Crippen MR) is 137 cm³/mol. The molecule has 0 amide bonds. The van der Waals surface area contributed by atoms with Gasteiger partial charge in [-0.15, -0.1) is 10.2 Å². The van der Waals surface area contributed by atoms with Gasteiger partial charge in [0.15, 0.2) is 22.9 Å². The van der Waals surface area contributed by atoms with Crippen LogP contribution < -0.4 is 4.72 Å². The average molecular weight is 573 g/mol. The second-order valence-electron chi connectivity index (χ2n) is 9.55. The minimum absolute atomic E-state index is 0.128. The summed E-state index contributed by atoms with van der Waals surface area (Å²) in [7, 11) is -7.98. The molecule has 0 spiro atoms. The van der Waals surface area contributed by atoms with Crippen molar-refractivity contribution < 1.29 is 25.6 Å². The number of benzene rings is 2. The quantitative estimate of drug-likeness (QED) is 0.330. The van der Waals surface area contributed by atoms with E-state index in [0.29, 0.717) is 42.3 Å². The Morgan fingerprint density at radius 2 is 1.67 bits per heavy atom. The van der Waals surface area contributed by atoms with Crippen molar-refractivity contribution in [2.45, 2.75) is 47.9 Å². The van der Waals surface area contributed by atoms with Gasteiger partial charge in [0.2, 0.25) is 10.0 Å². The van der Waals surface area contributed by atoms with Crippen LogP contribution in [0.1, 0.15) is 36.6 Å². The Labute approximate surface area is 222 Å². The van der Waals surface area contributed by atoms with Gasteiger partial charge in [0.25, 0.3) is 10.0 Å². The molecule has 1 fully saturated rings. The minimum Gasteiger partial charge on any atom is -0.274 e. The maximum Gasteiger partial charge on any atom is 0.269 e. The van der Waals surface area contributed by atoms with Crippen molar-refractivity contribution in [3.63, 3.8) is 0 Å². The summed E-state index contributed by atoms with van der Waals surface area (Å²) in [5, 5.41) is 8.52. The monoisotopic (exact) mass is 572 g/mol. The molecule has 1 N–H and O–H groups in total. The molecule has 1 saturated carbocycles. The van der Waals surface area contributed by atoms with Crippen LogP contribution in [-0.2, 0) is 20.0 Å². The standard InChI is InChI=1S/C25H22F2N6O4S2/c1-15-2-6-18(7-3-15)39(36,37)32-11-10-22-25(32)28-14-23-29-30-24(33(22)23)16-4-5-17(12-16)31-38(34,35)19-8-9-20(26)21(27)13-19/h2-3,6-11,13-14,16-17,31H,4-5,12H2,1H3/t16-,17+/m1/s1. The van der Waals surface area contributed by atoms with Crippen molar-refractivity contribution in [1.29, 1.82) is 0 Å². The largest absolute Gasteiger partial charge is 0.274 e. The van der Waals surface area contributed by atoms with Crippen LogP contribution in [-0.4, -0.2) is 46.4 Å². The van der Waals surface area contributed by atoms with Gasteiger partial charge in [-0.05, 0) is 62.6 Å². The van der Waals surface area contributed by atoms with Gasteiger partial charge >= 0.3 is 0 Å². The zero-order valence-corrected chi connectivity index (χ0v) is 22.1. The number of nitrogens with zero attached hydrogens (tertiary/aromatic N) is 5. The maximum absolute atomic E-state index is 13.6. The first-order valence-corrected chi connectivity index (χ1v) is 15.0. The lowest BCUT2D eigenvalue weighted by atomic mass is 10.1. The molecular weight excluding hydrogens is 550 g/mol. The maximum atomic E-state index is 13.6. The fraction of sp³-hybridized carbons (Fsp3) is 0.240. The van der Waals surface area contributed by atoms with Gasteiger partial charge in [-0.25, -0.2) is 39.3 Å². The SMILES string of the molecule is Cc1ccc(S(=O)(=O)n2ccc3c2ncc2nnc([C@@H]4CC[C@H](NS(=O)(=O)c5ccc(F)c(F)c5)C4)n23)cc1. The number of halogens is 2. The molecule has 2 aromatic carbocycles. The summed E-state index contributed by atoms with van der Waals surface area (Å²) in [5.41, 5.74) is 2.06. The van der Waals surface area contributed by atoms with E-state index in [1.807, 2.05) is 6.92 Å². The van der Waals surface area contributed by atoms with Crippen molar-refractivity contribution in [1.82, 2.24) is 28.3 Å². The lowest BCUT2D eigenvalue weighted by Crippen LogP contribution is -2.33. The van der Waals surface area contributed by atoms with Crippen molar-refractivity contribution in [2.24, 2.45) is 0 Å². The normalized spacial score (nSPS) is 18.3. The summed E-state index contributed by atoms with van der Waals surface area (Å²) in [4.78, 5) is 4.11. The first kappa shape index (κ1) is 25.5. The number of aromatic nitrogens is 5. The van der Waals surface area contributed by atoms with Crippen molar-refractivity contribution in [3.8, 4) is 0 Å². The summed E-state index contributed by atoms with van der Waals surface area (Å²) in [6.45, 7) is 1.87. The van der Waals surface area contributed by atoms with Crippen molar-refractivity contribution in [2.75, 3.05) is 0 Å². The summed E-state index contributed by atoms with van der Waals surface area (Å²) in [6, 6.07) is 10.1. The zero-order valence-electron chi connectivity index (χ0n) is 20.5. The Morgan fingerprint density at radius 3 is 2.41 bits per heavy atom. The van der Waals surface area contributed by atoms with Crippen molar-refractivity contribution in [3.05, 3.63) is 83.9 Å². The summed E-state index contributed by atoms with van der Waals surface area (Å²) in [5.74, 6) is -2.02. The lowest BCUT2D eigenvalue weighted by molar-refractivity contribution is 0.503. The van der Waals surface area contributed by atoms with E-state index in [1.165, 1.54) is 12.4 Å². The summed E-state index contributed by atoms with van der Waals surface area (Å²) >= 11 is 0. The van der Waals surface area contributed by atoms with Crippen LogP contribution in [0.3, 0.4) is 0 Å². The van der Waals surface area contributed by atoms with Crippen LogP contribution in [0.5, 0.6) is 0 Å². The molecule has 0 aliphatic heterocycles. The first-order chi connectivity index (χ1) is 18.5. The molecule has 39 heavy (non-hydrogen) atoms. The van der Waals surface area contributed by atoms with E-state index in [1.54, 1.807) is 34.7 Å². The molecular formula is C25H22F2N6O4S2. The molecule has 202 valence electrons. The number of aryl methyl sites for hydroxylation is 1. The minimum atomic E-state index is -4.07. The van der Waals surface area contributed by atoms with Gasteiger partial charge in [0, 0.05) is 18.2 Å². The topological polar surface area (TPSA) is 128 Å². The molecule has 14 heteroatoms. The number of nitrogens with one attached hydrogen (secondary N) is 1. The number of hydrogen-bond donors (Lipinski definition) is 1. The third-order valence-electron chi connectivity index (χ3n) is 6.96. The van der Waals surface area contributed by atoms with E-state index in [9.17, 15) is 25.6 Å². The number of sulfonamides is 1. The Kier molecular flexibility index (Phi) is 6.00. The molecule has 3 heterocycles. The highest BCUT2D eigenvalue weighted by Crippen LogP contribution is 2.35. The van der Waals surface area contributed by atoms with E-state index >= 15 is 0 Å². The van der Waals surface area contributed by atoms with E-state index in [0.717, 1.165) is 21.7 Å². The Bertz CT molecular complexity index is 1950. The van der Waals surface area contributed by atoms with E-state index < -0.39 is 37.7 Å². The van der Waals surface area contributed by atoms with Crippen LogP contribution in [0.4, 0.5) is 8.78 Å². The molecule has 6 rings (SSSR count). The molecule has 0 unspecified atom stereocenters. The van der Waals surface area contributed by atoms with E-state index in [2.05, 4.69) is 19.9 Å². The van der Waals surface area contributed by atoms with Crippen LogP contribution >= 0.6 is 0 Å². The smallest absolute Gasteiger partial charge is 0.269 e. The highest BCUT2D eigenvalue weighted by atomic mass is 32.2. The summed E-state index contributed by atoms with van der Waals surface area (Å²) < 4.78 is 84.5. The molecule has 0 saturated heterocycles. The molecule has 2 atom stereocenters. The fourth-order valence-electron chi connectivity index (χ4n) is 4.99. The molecule has 0 bridgehead atoms. The van der Waals surface area contributed by atoms with Gasteiger partial charge in [-0.3, -0.25) is 4.40 Å². The highest BCUT2D eigenvalue weighted by molar-refractivity contribution is 7.90. The first-order valence-electron chi connectivity index (χ1n) is 12.1. The zero-order chi connectivity index (χ0) is 27.5. The van der Waals surface area contributed by atoms with Gasteiger partial charge in [0.1, 0.15) is 5.82 Å².